The molecule has 1 aromatic carbocycles. The third-order valence-electron chi connectivity index (χ3n) is 4.26. The standard InChI is InChI=1S/C17H26N2O2/c1-2-18-16(17(20)21)13-19-10-8-15(9-11-19)12-14-6-4-3-5-7-14/h3-7,15-16,18H,2,8-13H2,1H3,(H,20,21). The van der Waals surface area contributed by atoms with Crippen LogP contribution in [-0.4, -0.2) is 48.2 Å². The molecule has 1 aliphatic rings. The predicted molar refractivity (Wildman–Crippen MR) is 84.4 cm³/mol. The van der Waals surface area contributed by atoms with E-state index in [0.717, 1.165) is 38.3 Å². The molecule has 1 aliphatic heterocycles. The molecule has 116 valence electrons. The van der Waals surface area contributed by atoms with E-state index in [0.29, 0.717) is 13.1 Å². The number of carboxylic acids is 1. The third-order valence-corrected chi connectivity index (χ3v) is 4.26. The van der Waals surface area contributed by atoms with Crippen LogP contribution in [0.4, 0.5) is 0 Å². The average Bonchev–Trinajstić information content (AvgIpc) is 2.49. The fraction of sp³-hybridized carbons (Fsp3) is 0.588. The normalized spacial score (nSPS) is 18.5. The molecule has 0 spiro atoms. The number of likely N-dealkylation sites (tertiary alicyclic amines) is 1. The summed E-state index contributed by atoms with van der Waals surface area (Å²) < 4.78 is 0. The highest BCUT2D eigenvalue weighted by Gasteiger charge is 2.24. The zero-order chi connectivity index (χ0) is 15.1. The molecule has 0 aliphatic carbocycles. The lowest BCUT2D eigenvalue weighted by Crippen LogP contribution is -2.48. The Labute approximate surface area is 127 Å². The highest BCUT2D eigenvalue weighted by atomic mass is 16.4. The van der Waals surface area contributed by atoms with Gasteiger partial charge in [-0.05, 0) is 50.4 Å². The maximum Gasteiger partial charge on any atom is 0.322 e. The Morgan fingerprint density at radius 3 is 2.57 bits per heavy atom. The smallest absolute Gasteiger partial charge is 0.322 e. The Morgan fingerprint density at radius 2 is 2.00 bits per heavy atom. The van der Waals surface area contributed by atoms with Crippen molar-refractivity contribution in [1.29, 1.82) is 0 Å². The van der Waals surface area contributed by atoms with Crippen LogP contribution >= 0.6 is 0 Å². The number of hydrogen-bond acceptors (Lipinski definition) is 3. The number of piperidine rings is 1. The van der Waals surface area contributed by atoms with E-state index in [4.69, 9.17) is 0 Å². The zero-order valence-electron chi connectivity index (χ0n) is 12.8. The first-order chi connectivity index (χ1) is 10.2. The Balaban J connectivity index is 1.76. The quantitative estimate of drug-likeness (QED) is 0.806. The minimum Gasteiger partial charge on any atom is -0.480 e. The number of nitrogens with zero attached hydrogens (tertiary/aromatic N) is 1. The molecule has 0 aromatic heterocycles. The van der Waals surface area contributed by atoms with Crippen LogP contribution in [0.1, 0.15) is 25.3 Å². The maximum absolute atomic E-state index is 11.2. The summed E-state index contributed by atoms with van der Waals surface area (Å²) in [4.78, 5) is 13.5. The summed E-state index contributed by atoms with van der Waals surface area (Å²) in [5, 5.41) is 12.2. The van der Waals surface area contributed by atoms with Gasteiger partial charge in [0.15, 0.2) is 0 Å². The minimum absolute atomic E-state index is 0.444. The van der Waals surface area contributed by atoms with Crippen LogP contribution in [-0.2, 0) is 11.2 Å². The van der Waals surface area contributed by atoms with Gasteiger partial charge >= 0.3 is 5.97 Å². The van der Waals surface area contributed by atoms with Crippen LogP contribution < -0.4 is 5.32 Å². The van der Waals surface area contributed by atoms with Crippen molar-refractivity contribution < 1.29 is 9.90 Å². The van der Waals surface area contributed by atoms with Crippen LogP contribution in [0.2, 0.25) is 0 Å². The van der Waals surface area contributed by atoms with Crippen LogP contribution in [0.15, 0.2) is 30.3 Å². The van der Waals surface area contributed by atoms with E-state index in [-0.39, 0.29) is 0 Å². The summed E-state index contributed by atoms with van der Waals surface area (Å²) in [7, 11) is 0. The topological polar surface area (TPSA) is 52.6 Å². The first-order valence-electron chi connectivity index (χ1n) is 7.91. The largest absolute Gasteiger partial charge is 0.480 e. The monoisotopic (exact) mass is 290 g/mol. The number of likely N-dealkylation sites (N-methyl/N-ethyl adjacent to an activating group) is 1. The van der Waals surface area contributed by atoms with E-state index < -0.39 is 12.0 Å². The Kier molecular flexibility index (Phi) is 6.21. The van der Waals surface area contributed by atoms with Crippen LogP contribution in [0.25, 0.3) is 0 Å². The van der Waals surface area contributed by atoms with Crippen LogP contribution in [0.3, 0.4) is 0 Å². The zero-order valence-corrected chi connectivity index (χ0v) is 12.8. The van der Waals surface area contributed by atoms with Gasteiger partial charge in [0.05, 0.1) is 0 Å². The highest BCUT2D eigenvalue weighted by Crippen LogP contribution is 2.21. The summed E-state index contributed by atoms with van der Waals surface area (Å²) in [6.45, 7) is 5.27. The number of benzene rings is 1. The Hall–Kier alpha value is -1.39. The molecule has 1 fully saturated rings. The summed E-state index contributed by atoms with van der Waals surface area (Å²) in [5.41, 5.74) is 1.41. The van der Waals surface area contributed by atoms with Crippen molar-refractivity contribution in [3.63, 3.8) is 0 Å². The lowest BCUT2D eigenvalue weighted by atomic mass is 9.90. The van der Waals surface area contributed by atoms with Gasteiger partial charge in [0.2, 0.25) is 0 Å². The van der Waals surface area contributed by atoms with E-state index in [2.05, 4.69) is 40.5 Å². The first kappa shape index (κ1) is 16.0. The lowest BCUT2D eigenvalue weighted by molar-refractivity contribution is -0.140. The second kappa shape index (κ2) is 8.15. The molecule has 1 saturated heterocycles. The van der Waals surface area contributed by atoms with Crippen molar-refractivity contribution in [1.82, 2.24) is 10.2 Å². The molecule has 2 N–H and O–H groups in total. The summed E-state index contributed by atoms with van der Waals surface area (Å²) in [6.07, 6.45) is 3.46. The van der Waals surface area contributed by atoms with Gasteiger partial charge < -0.3 is 15.3 Å². The highest BCUT2D eigenvalue weighted by molar-refractivity contribution is 5.73. The van der Waals surface area contributed by atoms with Gasteiger partial charge in [-0.1, -0.05) is 37.3 Å². The van der Waals surface area contributed by atoms with Crippen molar-refractivity contribution in [2.24, 2.45) is 5.92 Å². The van der Waals surface area contributed by atoms with Gasteiger partial charge in [-0.25, -0.2) is 0 Å². The molecule has 4 nitrogen and oxygen atoms in total. The molecule has 4 heteroatoms. The van der Waals surface area contributed by atoms with Gasteiger partial charge in [-0.15, -0.1) is 0 Å². The molecule has 21 heavy (non-hydrogen) atoms. The molecular weight excluding hydrogens is 264 g/mol. The third kappa shape index (κ3) is 5.14. The van der Waals surface area contributed by atoms with Crippen molar-refractivity contribution >= 4 is 5.97 Å². The van der Waals surface area contributed by atoms with E-state index in [1.807, 2.05) is 6.92 Å². The Morgan fingerprint density at radius 1 is 1.33 bits per heavy atom. The SMILES string of the molecule is CCNC(CN1CCC(Cc2ccccc2)CC1)C(=O)O. The number of hydrogen-bond donors (Lipinski definition) is 2. The number of aliphatic carboxylic acids is 1. The molecule has 0 radical (unpaired) electrons. The number of rotatable bonds is 7. The van der Waals surface area contributed by atoms with Crippen molar-refractivity contribution in [2.75, 3.05) is 26.2 Å². The second-order valence-corrected chi connectivity index (χ2v) is 5.88. The molecular formula is C17H26N2O2. The van der Waals surface area contributed by atoms with Gasteiger partial charge in [-0.2, -0.15) is 0 Å². The summed E-state index contributed by atoms with van der Waals surface area (Å²) in [6, 6.07) is 10.2. The van der Waals surface area contributed by atoms with Crippen LogP contribution in [0.5, 0.6) is 0 Å². The van der Waals surface area contributed by atoms with E-state index >= 15 is 0 Å². The molecule has 1 atom stereocenters. The fourth-order valence-corrected chi connectivity index (χ4v) is 3.06. The van der Waals surface area contributed by atoms with Gasteiger partial charge in [0.25, 0.3) is 0 Å². The molecule has 0 bridgehead atoms. The van der Waals surface area contributed by atoms with Gasteiger partial charge in [0, 0.05) is 6.54 Å². The van der Waals surface area contributed by atoms with Crippen LogP contribution in [0, 0.1) is 5.92 Å². The fourth-order valence-electron chi connectivity index (χ4n) is 3.06. The van der Waals surface area contributed by atoms with Crippen molar-refractivity contribution in [3.05, 3.63) is 35.9 Å². The van der Waals surface area contributed by atoms with Gasteiger partial charge in [0.1, 0.15) is 6.04 Å². The van der Waals surface area contributed by atoms with Crippen molar-refractivity contribution in [3.8, 4) is 0 Å². The van der Waals surface area contributed by atoms with E-state index in [1.54, 1.807) is 0 Å². The predicted octanol–water partition coefficient (Wildman–Crippen LogP) is 2.00. The average molecular weight is 290 g/mol. The second-order valence-electron chi connectivity index (χ2n) is 5.88. The number of carboxylic acid groups (broad SMARTS) is 1. The maximum atomic E-state index is 11.2. The number of nitrogens with one attached hydrogen (secondary N) is 1. The lowest BCUT2D eigenvalue weighted by Gasteiger charge is -2.33. The van der Waals surface area contributed by atoms with E-state index in [9.17, 15) is 9.90 Å². The number of carbonyl (C=O) groups is 1. The van der Waals surface area contributed by atoms with Gasteiger partial charge in [-0.3, -0.25) is 4.79 Å². The van der Waals surface area contributed by atoms with E-state index in [1.165, 1.54) is 5.56 Å². The molecule has 1 unspecified atom stereocenters. The summed E-state index contributed by atoms with van der Waals surface area (Å²) >= 11 is 0. The molecule has 0 saturated carbocycles. The molecule has 2 rings (SSSR count). The summed E-state index contributed by atoms with van der Waals surface area (Å²) in [5.74, 6) is -0.0191. The first-order valence-corrected chi connectivity index (χ1v) is 7.91. The minimum atomic E-state index is -0.747. The molecule has 1 heterocycles. The molecule has 1 aromatic rings. The Bertz CT molecular complexity index is 428. The molecule has 0 amide bonds. The van der Waals surface area contributed by atoms with Crippen molar-refractivity contribution in [2.45, 2.75) is 32.2 Å².